The van der Waals surface area contributed by atoms with E-state index >= 15 is 0 Å². The average molecular weight is 209 g/mol. The second-order valence-electron chi connectivity index (χ2n) is 3.31. The first-order valence-corrected chi connectivity index (χ1v) is 4.87. The minimum absolute atomic E-state index is 0.812. The molecule has 0 amide bonds. The van der Waals surface area contributed by atoms with Crippen molar-refractivity contribution < 1.29 is 4.74 Å². The van der Waals surface area contributed by atoms with Gasteiger partial charge in [0.2, 0.25) is 0 Å². The van der Waals surface area contributed by atoms with Gasteiger partial charge in [0, 0.05) is 20.5 Å². The molecule has 3 heteroatoms. The van der Waals surface area contributed by atoms with E-state index < -0.39 is 0 Å². The minimum atomic E-state index is 0.812. The zero-order valence-corrected chi connectivity index (χ0v) is 9.60. The summed E-state index contributed by atoms with van der Waals surface area (Å²) >= 11 is 5.22. The molecule has 1 aromatic rings. The fraction of sp³-hybridized carbons (Fsp3) is 0.364. The van der Waals surface area contributed by atoms with Crippen molar-refractivity contribution in [3.05, 3.63) is 29.8 Å². The van der Waals surface area contributed by atoms with Crippen molar-refractivity contribution in [2.75, 3.05) is 21.2 Å². The Bertz CT molecular complexity index is 306. The standard InChI is InChI=1S/C11H15NOS/c1-12(2)11(14)8-9-4-6-10(13-3)7-5-9/h4-7H,8H2,1-3H3. The summed E-state index contributed by atoms with van der Waals surface area (Å²) in [7, 11) is 5.59. The van der Waals surface area contributed by atoms with Crippen molar-refractivity contribution in [2.24, 2.45) is 0 Å². The maximum Gasteiger partial charge on any atom is 0.118 e. The third-order valence-corrected chi connectivity index (χ3v) is 2.52. The Hall–Kier alpha value is -1.09. The summed E-state index contributed by atoms with van der Waals surface area (Å²) in [4.78, 5) is 2.90. The van der Waals surface area contributed by atoms with Crippen LogP contribution in [0.4, 0.5) is 0 Å². The number of nitrogens with zero attached hydrogens (tertiary/aromatic N) is 1. The normalized spacial score (nSPS) is 9.64. The van der Waals surface area contributed by atoms with Gasteiger partial charge in [0.25, 0.3) is 0 Å². The van der Waals surface area contributed by atoms with Crippen molar-refractivity contribution >= 4 is 17.2 Å². The summed E-state index contributed by atoms with van der Waals surface area (Å²) in [5.74, 6) is 0.879. The summed E-state index contributed by atoms with van der Waals surface area (Å²) in [5, 5.41) is 0. The van der Waals surface area contributed by atoms with Gasteiger partial charge in [0.05, 0.1) is 12.1 Å². The maximum absolute atomic E-state index is 5.22. The third kappa shape index (κ3) is 3.00. The molecule has 0 atom stereocenters. The van der Waals surface area contributed by atoms with Crippen LogP contribution in [0.5, 0.6) is 5.75 Å². The molecular formula is C11H15NOS. The van der Waals surface area contributed by atoms with Crippen LogP contribution in [0.15, 0.2) is 24.3 Å². The highest BCUT2D eigenvalue weighted by atomic mass is 32.1. The van der Waals surface area contributed by atoms with E-state index in [1.807, 2.05) is 43.3 Å². The highest BCUT2D eigenvalue weighted by Crippen LogP contribution is 2.12. The molecule has 0 saturated carbocycles. The molecule has 0 saturated heterocycles. The summed E-state index contributed by atoms with van der Waals surface area (Å²) < 4.78 is 5.08. The summed E-state index contributed by atoms with van der Waals surface area (Å²) in [5.41, 5.74) is 1.21. The van der Waals surface area contributed by atoms with Gasteiger partial charge in [-0.3, -0.25) is 0 Å². The van der Waals surface area contributed by atoms with Crippen molar-refractivity contribution in [2.45, 2.75) is 6.42 Å². The van der Waals surface area contributed by atoms with E-state index in [1.54, 1.807) is 7.11 Å². The molecule has 0 unspecified atom stereocenters. The van der Waals surface area contributed by atoms with Gasteiger partial charge in [0.1, 0.15) is 5.75 Å². The molecule has 0 N–H and O–H groups in total. The molecular weight excluding hydrogens is 194 g/mol. The Labute approximate surface area is 90.5 Å². The summed E-state index contributed by atoms with van der Waals surface area (Å²) in [6.07, 6.45) is 0.812. The molecule has 0 aliphatic rings. The topological polar surface area (TPSA) is 12.5 Å². The molecule has 0 bridgehead atoms. The molecule has 76 valence electrons. The first kappa shape index (κ1) is 11.0. The molecule has 0 fully saturated rings. The van der Waals surface area contributed by atoms with Crippen LogP contribution < -0.4 is 4.74 Å². The van der Waals surface area contributed by atoms with Gasteiger partial charge in [-0.25, -0.2) is 0 Å². The van der Waals surface area contributed by atoms with Crippen LogP contribution in [0.3, 0.4) is 0 Å². The van der Waals surface area contributed by atoms with E-state index in [1.165, 1.54) is 5.56 Å². The molecule has 1 rings (SSSR count). The fourth-order valence-electron chi connectivity index (χ4n) is 1.08. The summed E-state index contributed by atoms with van der Waals surface area (Å²) in [6.45, 7) is 0. The largest absolute Gasteiger partial charge is 0.497 e. The van der Waals surface area contributed by atoms with Gasteiger partial charge in [-0.15, -0.1) is 0 Å². The Morgan fingerprint density at radius 2 is 1.86 bits per heavy atom. The van der Waals surface area contributed by atoms with E-state index in [4.69, 9.17) is 17.0 Å². The lowest BCUT2D eigenvalue weighted by atomic mass is 10.1. The van der Waals surface area contributed by atoms with Gasteiger partial charge < -0.3 is 9.64 Å². The number of thiocarbonyl (C=S) groups is 1. The number of rotatable bonds is 3. The van der Waals surface area contributed by atoms with Gasteiger partial charge in [-0.1, -0.05) is 24.4 Å². The lowest BCUT2D eigenvalue weighted by Gasteiger charge is -2.13. The van der Waals surface area contributed by atoms with Crippen LogP contribution in [0.2, 0.25) is 0 Å². The van der Waals surface area contributed by atoms with E-state index in [9.17, 15) is 0 Å². The highest BCUT2D eigenvalue weighted by molar-refractivity contribution is 7.80. The van der Waals surface area contributed by atoms with Gasteiger partial charge in [-0.2, -0.15) is 0 Å². The maximum atomic E-state index is 5.22. The van der Waals surface area contributed by atoms with Crippen molar-refractivity contribution in [3.63, 3.8) is 0 Å². The number of hydrogen-bond acceptors (Lipinski definition) is 2. The lowest BCUT2D eigenvalue weighted by molar-refractivity contribution is 0.414. The van der Waals surface area contributed by atoms with Gasteiger partial charge >= 0.3 is 0 Å². The van der Waals surface area contributed by atoms with Crippen LogP contribution in [-0.2, 0) is 6.42 Å². The third-order valence-electron chi connectivity index (χ3n) is 2.01. The number of ether oxygens (including phenoxy) is 1. The van der Waals surface area contributed by atoms with Gasteiger partial charge in [0.15, 0.2) is 0 Å². The molecule has 0 aromatic heterocycles. The van der Waals surface area contributed by atoms with E-state index in [2.05, 4.69) is 0 Å². The SMILES string of the molecule is COc1ccc(CC(=S)N(C)C)cc1. The molecule has 2 nitrogen and oxygen atoms in total. The quantitative estimate of drug-likeness (QED) is 0.708. The number of methoxy groups -OCH3 is 1. The monoisotopic (exact) mass is 209 g/mol. The Balaban J connectivity index is 2.64. The highest BCUT2D eigenvalue weighted by Gasteiger charge is 2.01. The fourth-order valence-corrected chi connectivity index (χ4v) is 1.24. The second-order valence-corrected chi connectivity index (χ2v) is 3.78. The van der Waals surface area contributed by atoms with Crippen molar-refractivity contribution in [3.8, 4) is 5.75 Å². The molecule has 0 radical (unpaired) electrons. The molecule has 1 aromatic carbocycles. The van der Waals surface area contributed by atoms with Crippen LogP contribution >= 0.6 is 12.2 Å². The molecule has 14 heavy (non-hydrogen) atoms. The minimum Gasteiger partial charge on any atom is -0.497 e. The van der Waals surface area contributed by atoms with Crippen LogP contribution in [0, 0.1) is 0 Å². The number of hydrogen-bond donors (Lipinski definition) is 0. The Morgan fingerprint density at radius 3 is 2.29 bits per heavy atom. The predicted molar refractivity (Wildman–Crippen MR) is 63.0 cm³/mol. The first-order chi connectivity index (χ1) is 6.63. The second kappa shape index (κ2) is 4.96. The number of likely N-dealkylation sites (N-methyl/N-ethyl adjacent to an activating group) is 1. The van der Waals surface area contributed by atoms with Crippen molar-refractivity contribution in [1.29, 1.82) is 0 Å². The molecule has 0 spiro atoms. The molecule has 0 aliphatic carbocycles. The smallest absolute Gasteiger partial charge is 0.118 e. The van der Waals surface area contributed by atoms with Crippen molar-refractivity contribution in [1.82, 2.24) is 4.90 Å². The molecule has 0 heterocycles. The zero-order chi connectivity index (χ0) is 10.6. The molecule has 0 aliphatic heterocycles. The van der Waals surface area contributed by atoms with Crippen LogP contribution in [-0.4, -0.2) is 31.1 Å². The zero-order valence-electron chi connectivity index (χ0n) is 8.78. The lowest BCUT2D eigenvalue weighted by Crippen LogP contribution is -2.21. The predicted octanol–water partition coefficient (Wildman–Crippen LogP) is 2.13. The summed E-state index contributed by atoms with van der Waals surface area (Å²) in [6, 6.07) is 7.98. The average Bonchev–Trinajstić information content (AvgIpc) is 2.19. The van der Waals surface area contributed by atoms with E-state index in [0.29, 0.717) is 0 Å². The Kier molecular flexibility index (Phi) is 3.89. The van der Waals surface area contributed by atoms with E-state index in [0.717, 1.165) is 17.2 Å². The Morgan fingerprint density at radius 1 is 1.29 bits per heavy atom. The van der Waals surface area contributed by atoms with E-state index in [-0.39, 0.29) is 0 Å². The van der Waals surface area contributed by atoms with Crippen LogP contribution in [0.1, 0.15) is 5.56 Å². The van der Waals surface area contributed by atoms with Crippen LogP contribution in [0.25, 0.3) is 0 Å². The first-order valence-electron chi connectivity index (χ1n) is 4.46. The van der Waals surface area contributed by atoms with Gasteiger partial charge in [-0.05, 0) is 17.7 Å². The number of benzene rings is 1.